The first-order valence-electron chi connectivity index (χ1n) is 6.79. The number of urea groups is 1. The van der Waals surface area contributed by atoms with Gasteiger partial charge in [-0.2, -0.15) is 5.10 Å². The van der Waals surface area contributed by atoms with Gasteiger partial charge in [0.15, 0.2) is 0 Å². The van der Waals surface area contributed by atoms with E-state index in [1.165, 1.54) is 18.2 Å². The molecule has 1 aromatic heterocycles. The maximum absolute atomic E-state index is 12.2. The second kappa shape index (κ2) is 6.13. The van der Waals surface area contributed by atoms with E-state index >= 15 is 0 Å². The maximum Gasteiger partial charge on any atom is 0.326 e. The number of hydrogen-bond acceptors (Lipinski definition) is 4. The Morgan fingerprint density at radius 3 is 2.76 bits per heavy atom. The van der Waals surface area contributed by atoms with Crippen LogP contribution in [0.15, 0.2) is 12.4 Å². The van der Waals surface area contributed by atoms with Gasteiger partial charge in [-0.3, -0.25) is 4.68 Å². The third-order valence-electron chi connectivity index (χ3n) is 3.52. The molecule has 1 aliphatic rings. The van der Waals surface area contributed by atoms with Crippen molar-refractivity contribution in [2.75, 3.05) is 19.0 Å². The summed E-state index contributed by atoms with van der Waals surface area (Å²) in [5.41, 5.74) is 0.540. The van der Waals surface area contributed by atoms with Gasteiger partial charge in [0.1, 0.15) is 6.04 Å². The van der Waals surface area contributed by atoms with E-state index in [2.05, 4.69) is 10.4 Å². The van der Waals surface area contributed by atoms with Crippen LogP contribution in [-0.4, -0.2) is 57.6 Å². The Bertz CT molecular complexity index is 528. The zero-order valence-electron chi connectivity index (χ0n) is 12.3. The van der Waals surface area contributed by atoms with E-state index in [1.807, 2.05) is 13.8 Å². The monoisotopic (exact) mass is 296 g/mol. The van der Waals surface area contributed by atoms with E-state index in [9.17, 15) is 14.7 Å². The topological polar surface area (TPSA) is 96.7 Å². The van der Waals surface area contributed by atoms with Gasteiger partial charge >= 0.3 is 12.0 Å². The van der Waals surface area contributed by atoms with Crippen molar-refractivity contribution in [3.63, 3.8) is 0 Å². The minimum Gasteiger partial charge on any atom is -0.480 e. The van der Waals surface area contributed by atoms with Crippen LogP contribution in [0.1, 0.15) is 26.3 Å². The summed E-state index contributed by atoms with van der Waals surface area (Å²) in [7, 11) is 1.51. The van der Waals surface area contributed by atoms with Gasteiger partial charge in [0.05, 0.1) is 18.0 Å². The number of carbonyl (C=O) groups excluding carboxylic acids is 1. The molecule has 2 heterocycles. The smallest absolute Gasteiger partial charge is 0.326 e. The number of carbonyl (C=O) groups is 2. The van der Waals surface area contributed by atoms with Crippen molar-refractivity contribution in [2.24, 2.45) is 0 Å². The summed E-state index contributed by atoms with van der Waals surface area (Å²) in [6, 6.07) is -1.13. The number of hydrogen-bond donors (Lipinski definition) is 2. The molecule has 8 nitrogen and oxygen atoms in total. The number of amides is 2. The highest BCUT2D eigenvalue weighted by atomic mass is 16.5. The number of nitrogens with one attached hydrogen (secondary N) is 1. The quantitative estimate of drug-likeness (QED) is 0.869. The summed E-state index contributed by atoms with van der Waals surface area (Å²) in [4.78, 5) is 24.7. The minimum absolute atomic E-state index is 0.187. The van der Waals surface area contributed by atoms with Crippen LogP contribution in [0.25, 0.3) is 0 Å². The van der Waals surface area contributed by atoms with Gasteiger partial charge in [0.2, 0.25) is 0 Å². The van der Waals surface area contributed by atoms with Crippen molar-refractivity contribution >= 4 is 17.7 Å². The number of aliphatic carboxylic acids is 1. The fraction of sp³-hybridized carbons (Fsp3) is 0.615. The van der Waals surface area contributed by atoms with Gasteiger partial charge in [0.25, 0.3) is 0 Å². The number of likely N-dealkylation sites (tertiary alicyclic amines) is 1. The van der Waals surface area contributed by atoms with Crippen molar-refractivity contribution in [2.45, 2.75) is 38.5 Å². The summed E-state index contributed by atoms with van der Waals surface area (Å²) in [5, 5.41) is 16.0. The molecule has 1 fully saturated rings. The van der Waals surface area contributed by atoms with Crippen LogP contribution < -0.4 is 5.32 Å². The first-order valence-corrected chi connectivity index (χ1v) is 6.79. The van der Waals surface area contributed by atoms with E-state index in [4.69, 9.17) is 4.74 Å². The Kier molecular flexibility index (Phi) is 4.46. The van der Waals surface area contributed by atoms with Crippen molar-refractivity contribution in [1.82, 2.24) is 14.7 Å². The molecular weight excluding hydrogens is 276 g/mol. The van der Waals surface area contributed by atoms with Crippen LogP contribution in [-0.2, 0) is 9.53 Å². The fourth-order valence-electron chi connectivity index (χ4n) is 2.31. The van der Waals surface area contributed by atoms with Crippen LogP contribution in [0.3, 0.4) is 0 Å². The fourth-order valence-corrected chi connectivity index (χ4v) is 2.31. The van der Waals surface area contributed by atoms with Crippen molar-refractivity contribution in [3.05, 3.63) is 12.4 Å². The Hall–Kier alpha value is -2.09. The number of ether oxygens (including phenoxy) is 1. The van der Waals surface area contributed by atoms with Crippen LogP contribution in [0.2, 0.25) is 0 Å². The Balaban J connectivity index is 2.05. The maximum atomic E-state index is 12.2. The number of rotatable bonds is 4. The molecule has 1 aromatic rings. The predicted molar refractivity (Wildman–Crippen MR) is 75.2 cm³/mol. The Morgan fingerprint density at radius 2 is 2.24 bits per heavy atom. The SMILES string of the molecule is COC1CC(C(=O)O)N(C(=O)Nc2cnn(C(C)C)c2)C1. The third kappa shape index (κ3) is 3.33. The third-order valence-corrected chi connectivity index (χ3v) is 3.52. The van der Waals surface area contributed by atoms with Crippen LogP contribution in [0.4, 0.5) is 10.5 Å². The predicted octanol–water partition coefficient (Wildman–Crippen LogP) is 1.17. The summed E-state index contributed by atoms with van der Waals surface area (Å²) in [6.45, 7) is 4.21. The molecule has 1 saturated heterocycles. The zero-order valence-corrected chi connectivity index (χ0v) is 12.3. The minimum atomic E-state index is -1.03. The molecule has 0 radical (unpaired) electrons. The van der Waals surface area contributed by atoms with Gasteiger partial charge < -0.3 is 20.1 Å². The van der Waals surface area contributed by atoms with Crippen LogP contribution in [0, 0.1) is 0 Å². The van der Waals surface area contributed by atoms with Gasteiger partial charge in [-0.25, -0.2) is 9.59 Å². The Morgan fingerprint density at radius 1 is 1.52 bits per heavy atom. The second-order valence-corrected chi connectivity index (χ2v) is 5.33. The molecule has 116 valence electrons. The molecule has 0 spiro atoms. The first kappa shape index (κ1) is 15.3. The van der Waals surface area contributed by atoms with E-state index < -0.39 is 18.0 Å². The summed E-state index contributed by atoms with van der Waals surface area (Å²) in [5.74, 6) is -1.03. The number of anilines is 1. The van der Waals surface area contributed by atoms with Gasteiger partial charge in [-0.15, -0.1) is 0 Å². The molecule has 2 atom stereocenters. The van der Waals surface area contributed by atoms with E-state index in [0.29, 0.717) is 12.1 Å². The molecule has 8 heteroatoms. The number of carboxylic acid groups (broad SMARTS) is 1. The van der Waals surface area contributed by atoms with Crippen LogP contribution >= 0.6 is 0 Å². The molecule has 2 unspecified atom stereocenters. The summed E-state index contributed by atoms with van der Waals surface area (Å²) >= 11 is 0. The van der Waals surface area contributed by atoms with E-state index in [1.54, 1.807) is 10.9 Å². The number of methoxy groups -OCH3 is 1. The summed E-state index contributed by atoms with van der Waals surface area (Å²) in [6.07, 6.45) is 3.29. The zero-order chi connectivity index (χ0) is 15.6. The number of nitrogens with zero attached hydrogens (tertiary/aromatic N) is 3. The highest BCUT2D eigenvalue weighted by Crippen LogP contribution is 2.21. The van der Waals surface area contributed by atoms with Crippen molar-refractivity contribution in [3.8, 4) is 0 Å². The molecule has 0 saturated carbocycles. The lowest BCUT2D eigenvalue weighted by Gasteiger charge is -2.21. The second-order valence-electron chi connectivity index (χ2n) is 5.33. The molecule has 0 aliphatic carbocycles. The molecule has 1 aliphatic heterocycles. The largest absolute Gasteiger partial charge is 0.480 e. The molecule has 0 bridgehead atoms. The van der Waals surface area contributed by atoms with Gasteiger partial charge in [-0.05, 0) is 13.8 Å². The molecular formula is C13H20N4O4. The molecule has 2 N–H and O–H groups in total. The lowest BCUT2D eigenvalue weighted by molar-refractivity contribution is -0.141. The molecule has 21 heavy (non-hydrogen) atoms. The highest BCUT2D eigenvalue weighted by Gasteiger charge is 2.39. The molecule has 2 rings (SSSR count). The molecule has 0 aromatic carbocycles. The molecule has 2 amide bonds. The standard InChI is InChI=1S/C13H20N4O4/c1-8(2)17-6-9(5-14-17)15-13(20)16-7-10(21-3)4-11(16)12(18)19/h5-6,8,10-11H,4,7H2,1-3H3,(H,15,20)(H,18,19). The number of carboxylic acids is 1. The van der Waals surface area contributed by atoms with Gasteiger partial charge in [-0.1, -0.05) is 0 Å². The van der Waals surface area contributed by atoms with Crippen molar-refractivity contribution in [1.29, 1.82) is 0 Å². The number of aromatic nitrogens is 2. The van der Waals surface area contributed by atoms with E-state index in [-0.39, 0.29) is 18.7 Å². The van der Waals surface area contributed by atoms with Gasteiger partial charge in [0, 0.05) is 32.3 Å². The van der Waals surface area contributed by atoms with Crippen LogP contribution in [0.5, 0.6) is 0 Å². The normalized spacial score (nSPS) is 21.8. The highest BCUT2D eigenvalue weighted by molar-refractivity contribution is 5.92. The summed E-state index contributed by atoms with van der Waals surface area (Å²) < 4.78 is 6.87. The average Bonchev–Trinajstić information content (AvgIpc) is 3.04. The van der Waals surface area contributed by atoms with E-state index in [0.717, 1.165) is 0 Å². The first-order chi connectivity index (χ1) is 9.92. The Labute approximate surface area is 122 Å². The lowest BCUT2D eigenvalue weighted by Crippen LogP contribution is -2.43. The van der Waals surface area contributed by atoms with Crippen molar-refractivity contribution < 1.29 is 19.4 Å². The average molecular weight is 296 g/mol. The lowest BCUT2D eigenvalue weighted by atomic mass is 10.2.